The Hall–Kier alpha value is -6.50. The number of nitrogens with one attached hydrogen (secondary N) is 2. The number of imide groups is 2. The first-order chi connectivity index (χ1) is 28.5. The number of hydrogen-bond donors (Lipinski definition) is 2. The zero-order valence-electron chi connectivity index (χ0n) is 31.9. The third-order valence-corrected chi connectivity index (χ3v) is 11.7. The van der Waals surface area contributed by atoms with Gasteiger partial charge in [0.2, 0.25) is 23.7 Å². The molecule has 0 aliphatic carbocycles. The highest BCUT2D eigenvalue weighted by Crippen LogP contribution is 2.43. The van der Waals surface area contributed by atoms with E-state index < -0.39 is 42.0 Å². The summed E-state index contributed by atoms with van der Waals surface area (Å²) in [6.07, 6.45) is 1.89. The van der Waals surface area contributed by atoms with Crippen LogP contribution < -0.4 is 15.5 Å². The van der Waals surface area contributed by atoms with Crippen molar-refractivity contribution < 1.29 is 42.3 Å². The van der Waals surface area contributed by atoms with E-state index in [2.05, 4.69) is 30.5 Å². The first-order valence-electron chi connectivity index (χ1n) is 19.5. The Labute approximate surface area is 335 Å². The van der Waals surface area contributed by atoms with Gasteiger partial charge in [0.05, 0.1) is 29.9 Å². The lowest BCUT2D eigenvalue weighted by Gasteiger charge is -2.33. The van der Waals surface area contributed by atoms with Crippen LogP contribution in [0.5, 0.6) is 0 Å². The van der Waals surface area contributed by atoms with Crippen LogP contribution in [0.3, 0.4) is 0 Å². The first-order valence-corrected chi connectivity index (χ1v) is 19.5. The number of alkyl halides is 2. The molecule has 19 heteroatoms. The minimum atomic E-state index is -2.89. The summed E-state index contributed by atoms with van der Waals surface area (Å²) >= 11 is 0. The lowest BCUT2D eigenvalue weighted by molar-refractivity contribution is -0.136. The van der Waals surface area contributed by atoms with Crippen LogP contribution in [0.25, 0.3) is 11.3 Å². The molecule has 0 spiro atoms. The van der Waals surface area contributed by atoms with Crippen molar-refractivity contribution in [1.82, 2.24) is 40.1 Å². The number of piperidine rings is 1. The Kier molecular flexibility index (Phi) is 9.69. The molecule has 4 aromatic rings. The van der Waals surface area contributed by atoms with Gasteiger partial charge in [-0.3, -0.25) is 49.0 Å². The molecule has 7 heterocycles. The van der Waals surface area contributed by atoms with Crippen LogP contribution in [-0.2, 0) is 38.5 Å². The molecule has 0 radical (unpaired) electrons. The summed E-state index contributed by atoms with van der Waals surface area (Å²) in [4.78, 5) is 84.8. The van der Waals surface area contributed by atoms with Crippen LogP contribution in [0.15, 0.2) is 36.5 Å². The summed E-state index contributed by atoms with van der Waals surface area (Å²) < 4.78 is 37.5. The second-order valence-corrected chi connectivity index (χ2v) is 15.2. The Morgan fingerprint density at radius 1 is 0.932 bits per heavy atom. The summed E-state index contributed by atoms with van der Waals surface area (Å²) in [5.74, 6) is -3.09. The van der Waals surface area contributed by atoms with Crippen LogP contribution >= 0.6 is 0 Å². The summed E-state index contributed by atoms with van der Waals surface area (Å²) in [5.41, 5.74) is 3.22. The van der Waals surface area contributed by atoms with E-state index in [1.165, 1.54) is 30.5 Å². The number of aromatic nitrogens is 5. The SMILES string of the molecule is CC(=O)N1CCc2c(c(N3CCCc4cc(-c5cnc(NC(=O)c6ccc7c(c6)C(=O)N(C6CCC(=O)NC6=O)C7=O)nn5)c(C(F)F)cc43)nn2C2CCOCC2)C1. The maximum Gasteiger partial charge on any atom is 0.264 e. The molecule has 2 aromatic heterocycles. The molecule has 6 amide bonds. The fraction of sp³-hybridized carbons (Fsp3) is 0.400. The zero-order valence-corrected chi connectivity index (χ0v) is 31.9. The van der Waals surface area contributed by atoms with Crippen molar-refractivity contribution in [2.45, 2.75) is 76.9 Å². The lowest BCUT2D eigenvalue weighted by Crippen LogP contribution is -2.54. The maximum absolute atomic E-state index is 14.9. The van der Waals surface area contributed by atoms with Gasteiger partial charge in [-0.1, -0.05) is 0 Å². The molecule has 17 nitrogen and oxygen atoms in total. The van der Waals surface area contributed by atoms with Gasteiger partial charge >= 0.3 is 0 Å². The predicted molar refractivity (Wildman–Crippen MR) is 203 cm³/mol. The number of fused-ring (bicyclic) bond motifs is 3. The summed E-state index contributed by atoms with van der Waals surface area (Å²) in [7, 11) is 0. The normalized spacial score (nSPS) is 19.5. The standard InChI is InChI=1S/C40H38F2N10O7/c1-20(53)49-12-8-30-28(19-49)35(48-52(30)23-9-13-59-14-10-23)50-11-2-3-21-15-25(26(34(41)42)17-32(21)50)29-18-43-40(47-46-29)45-36(55)22-4-5-24-27(16-22)39(58)51(38(24)57)31-6-7-33(54)44-37(31)56/h4-5,15-18,23,31,34H,2-3,6-14,19H2,1H3,(H,44,54,56)(H,43,45,47,55). The molecule has 304 valence electrons. The number of benzene rings is 2. The van der Waals surface area contributed by atoms with Crippen molar-refractivity contribution in [1.29, 1.82) is 0 Å². The van der Waals surface area contributed by atoms with Crippen molar-refractivity contribution >= 4 is 52.9 Å². The monoisotopic (exact) mass is 808 g/mol. The van der Waals surface area contributed by atoms with Gasteiger partial charge in [-0.2, -0.15) is 5.10 Å². The average Bonchev–Trinajstić information content (AvgIpc) is 3.74. The maximum atomic E-state index is 14.9. The highest BCUT2D eigenvalue weighted by Gasteiger charge is 2.45. The first kappa shape index (κ1) is 38.0. The fourth-order valence-electron chi connectivity index (χ4n) is 8.66. The van der Waals surface area contributed by atoms with Crippen molar-refractivity contribution in [3.8, 4) is 11.3 Å². The van der Waals surface area contributed by atoms with Crippen molar-refractivity contribution in [2.24, 2.45) is 0 Å². The number of nitrogens with zero attached hydrogens (tertiary/aromatic N) is 8. The van der Waals surface area contributed by atoms with Gasteiger partial charge in [0, 0.05) is 79.7 Å². The molecule has 5 aliphatic rings. The van der Waals surface area contributed by atoms with Gasteiger partial charge < -0.3 is 14.5 Å². The topological polar surface area (TPSA) is 202 Å². The van der Waals surface area contributed by atoms with Crippen molar-refractivity contribution in [3.63, 3.8) is 0 Å². The number of amides is 6. The molecule has 9 rings (SSSR count). The average molecular weight is 809 g/mol. The van der Waals surface area contributed by atoms with Crippen LogP contribution in [0.1, 0.15) is 105 Å². The molecule has 0 saturated carbocycles. The van der Waals surface area contributed by atoms with E-state index in [0.29, 0.717) is 57.2 Å². The fourth-order valence-corrected chi connectivity index (χ4v) is 8.66. The number of rotatable bonds is 7. The number of halogens is 2. The molecule has 59 heavy (non-hydrogen) atoms. The molecule has 2 N–H and O–H groups in total. The zero-order chi connectivity index (χ0) is 41.1. The van der Waals surface area contributed by atoms with Crippen LogP contribution in [0.2, 0.25) is 0 Å². The number of anilines is 3. The van der Waals surface area contributed by atoms with E-state index in [1.54, 1.807) is 17.9 Å². The van der Waals surface area contributed by atoms with E-state index in [0.717, 1.165) is 41.0 Å². The Bertz CT molecular complexity index is 2450. The quantitative estimate of drug-likeness (QED) is 0.257. The molecule has 2 saturated heterocycles. The van der Waals surface area contributed by atoms with E-state index >= 15 is 0 Å². The molecule has 2 aromatic carbocycles. The molecule has 1 unspecified atom stereocenters. The number of carbonyl (C=O) groups is 6. The van der Waals surface area contributed by atoms with Gasteiger partial charge in [-0.15, -0.1) is 10.2 Å². The molecule has 1 atom stereocenters. The van der Waals surface area contributed by atoms with Crippen LogP contribution in [0, 0.1) is 0 Å². The number of ether oxygens (including phenoxy) is 1. The third-order valence-electron chi connectivity index (χ3n) is 11.7. The predicted octanol–water partition coefficient (Wildman–Crippen LogP) is 3.67. The van der Waals surface area contributed by atoms with Gasteiger partial charge in [0.25, 0.3) is 24.1 Å². The summed E-state index contributed by atoms with van der Waals surface area (Å²) in [6.45, 7) is 4.30. The van der Waals surface area contributed by atoms with Crippen LogP contribution in [0.4, 0.5) is 26.2 Å². The number of hydrogen-bond acceptors (Lipinski definition) is 12. The lowest BCUT2D eigenvalue weighted by atomic mass is 9.93. The molecular formula is C40H38F2N10O7. The smallest absolute Gasteiger partial charge is 0.264 e. The van der Waals surface area contributed by atoms with Gasteiger partial charge in [-0.05, 0) is 68.0 Å². The molecular weight excluding hydrogens is 770 g/mol. The molecule has 0 bridgehead atoms. The Balaban J connectivity index is 0.965. The minimum absolute atomic E-state index is 0.00478. The van der Waals surface area contributed by atoms with Gasteiger partial charge in [0.15, 0.2) is 5.82 Å². The highest BCUT2D eigenvalue weighted by molar-refractivity contribution is 6.24. The van der Waals surface area contributed by atoms with Crippen molar-refractivity contribution in [3.05, 3.63) is 75.6 Å². The summed E-state index contributed by atoms with van der Waals surface area (Å²) in [6, 6.07) is 5.97. The largest absolute Gasteiger partial charge is 0.381 e. The second-order valence-electron chi connectivity index (χ2n) is 15.2. The van der Waals surface area contributed by atoms with E-state index in [-0.39, 0.29) is 64.3 Å². The minimum Gasteiger partial charge on any atom is -0.381 e. The summed E-state index contributed by atoms with van der Waals surface area (Å²) in [5, 5.41) is 17.9. The highest BCUT2D eigenvalue weighted by atomic mass is 19.3. The number of carbonyl (C=O) groups excluding carboxylic acids is 6. The van der Waals surface area contributed by atoms with E-state index in [1.807, 2.05) is 4.90 Å². The molecule has 5 aliphatic heterocycles. The van der Waals surface area contributed by atoms with E-state index in [4.69, 9.17) is 9.84 Å². The second kappa shape index (κ2) is 15.0. The Morgan fingerprint density at radius 2 is 1.73 bits per heavy atom. The van der Waals surface area contributed by atoms with Crippen molar-refractivity contribution in [2.75, 3.05) is 36.5 Å². The van der Waals surface area contributed by atoms with Crippen LogP contribution in [-0.4, -0.2) is 103 Å². The molecule has 2 fully saturated rings. The van der Waals surface area contributed by atoms with Gasteiger partial charge in [-0.25, -0.2) is 13.8 Å². The third kappa shape index (κ3) is 6.77. The number of aryl methyl sites for hydroxylation is 1. The van der Waals surface area contributed by atoms with E-state index in [9.17, 15) is 37.5 Å². The Morgan fingerprint density at radius 3 is 2.46 bits per heavy atom. The van der Waals surface area contributed by atoms with Gasteiger partial charge in [0.1, 0.15) is 11.7 Å².